The van der Waals surface area contributed by atoms with Gasteiger partial charge in [0, 0.05) is 11.1 Å². The van der Waals surface area contributed by atoms with Gasteiger partial charge >= 0.3 is 18.0 Å². The molecule has 4 aromatic carbocycles. The molecule has 13 heteroatoms. The molecule has 0 unspecified atom stereocenters. The van der Waals surface area contributed by atoms with Crippen molar-refractivity contribution in [2.75, 3.05) is 24.9 Å². The van der Waals surface area contributed by atoms with Gasteiger partial charge in [0.15, 0.2) is 11.2 Å². The van der Waals surface area contributed by atoms with Crippen molar-refractivity contribution in [2.24, 2.45) is 0 Å². The standard InChI is InChI=1S/C33H24F2N4O7/c1-43-29(40)13-17-3-9-27-25(11-17)36-31(45-27)19-5-7-23(21(34)15-19)38-33(42)39-24-8-6-20(16-22(24)35)32-37-26-12-18(14-30(41)44-2)4-10-28(26)46-32/h3-12,15-16H,13-14H2,1-2H3,(H2,38,39,42). The SMILES string of the molecule is COC(=O)Cc1ccc2oc(-c3ccc(NC(=O)Nc4ccc(-c5nc6cc(CC(=O)OC)ccc6o5)cc4F)c(F)c3)nc2c1. The van der Waals surface area contributed by atoms with E-state index in [1.807, 2.05) is 0 Å². The van der Waals surface area contributed by atoms with Crippen molar-refractivity contribution in [2.45, 2.75) is 12.8 Å². The fraction of sp³-hybridized carbons (Fsp3) is 0.121. The predicted molar refractivity (Wildman–Crippen MR) is 163 cm³/mol. The number of urea groups is 1. The molecule has 2 amide bonds. The zero-order valence-electron chi connectivity index (χ0n) is 24.4. The average molecular weight is 627 g/mol. The van der Waals surface area contributed by atoms with Gasteiger partial charge in [-0.15, -0.1) is 0 Å². The van der Waals surface area contributed by atoms with Gasteiger partial charge in [0.2, 0.25) is 11.8 Å². The number of carbonyl (C=O) groups excluding carboxylic acids is 3. The number of nitrogens with one attached hydrogen (secondary N) is 2. The third-order valence-corrected chi connectivity index (χ3v) is 6.98. The molecule has 6 aromatic rings. The number of amides is 2. The van der Waals surface area contributed by atoms with E-state index < -0.39 is 29.6 Å². The predicted octanol–water partition coefficient (Wildman–Crippen LogP) is 6.66. The largest absolute Gasteiger partial charge is 0.469 e. The number of rotatable bonds is 8. The minimum Gasteiger partial charge on any atom is -0.469 e. The van der Waals surface area contributed by atoms with Crippen LogP contribution < -0.4 is 10.6 Å². The van der Waals surface area contributed by atoms with E-state index in [2.05, 4.69) is 30.1 Å². The number of benzene rings is 4. The molecule has 0 fully saturated rings. The highest BCUT2D eigenvalue weighted by Crippen LogP contribution is 2.30. The normalized spacial score (nSPS) is 11.0. The Morgan fingerprint density at radius 2 is 1.09 bits per heavy atom. The first-order valence-corrected chi connectivity index (χ1v) is 13.8. The molecule has 2 aromatic heterocycles. The number of hydrogen-bond donors (Lipinski definition) is 2. The zero-order chi connectivity index (χ0) is 32.4. The summed E-state index contributed by atoms with van der Waals surface area (Å²) in [5, 5.41) is 4.72. The Bertz CT molecular complexity index is 1990. The highest BCUT2D eigenvalue weighted by atomic mass is 19.1. The van der Waals surface area contributed by atoms with Gasteiger partial charge in [-0.25, -0.2) is 23.5 Å². The molecule has 232 valence electrons. The van der Waals surface area contributed by atoms with Gasteiger partial charge in [0.1, 0.15) is 22.7 Å². The number of methoxy groups -OCH3 is 2. The van der Waals surface area contributed by atoms with Crippen LogP contribution in [-0.2, 0) is 31.9 Å². The molecule has 11 nitrogen and oxygen atoms in total. The van der Waals surface area contributed by atoms with Gasteiger partial charge in [0.25, 0.3) is 0 Å². The van der Waals surface area contributed by atoms with Gasteiger partial charge in [-0.2, -0.15) is 0 Å². The Hall–Kier alpha value is -6.11. The van der Waals surface area contributed by atoms with Crippen molar-refractivity contribution in [3.63, 3.8) is 0 Å². The fourth-order valence-electron chi connectivity index (χ4n) is 4.67. The van der Waals surface area contributed by atoms with E-state index in [4.69, 9.17) is 8.83 Å². The Balaban J connectivity index is 1.12. The number of hydrogen-bond acceptors (Lipinski definition) is 9. The molecule has 2 heterocycles. The van der Waals surface area contributed by atoms with Crippen LogP contribution >= 0.6 is 0 Å². The van der Waals surface area contributed by atoms with Crippen LogP contribution in [0.3, 0.4) is 0 Å². The van der Waals surface area contributed by atoms with E-state index in [1.165, 1.54) is 38.5 Å². The molecule has 0 bridgehead atoms. The number of oxazole rings is 2. The molecule has 0 aliphatic heterocycles. The Labute approximate surface area is 259 Å². The number of nitrogens with zero attached hydrogens (tertiary/aromatic N) is 2. The molecule has 0 aliphatic carbocycles. The van der Waals surface area contributed by atoms with Crippen LogP contribution in [-0.4, -0.2) is 42.2 Å². The van der Waals surface area contributed by atoms with Gasteiger partial charge in [-0.05, 0) is 71.8 Å². The highest BCUT2D eigenvalue weighted by Gasteiger charge is 2.17. The molecule has 6 rings (SSSR count). The van der Waals surface area contributed by atoms with Crippen LogP contribution in [0.15, 0.2) is 81.6 Å². The van der Waals surface area contributed by atoms with E-state index in [-0.39, 0.29) is 36.0 Å². The summed E-state index contributed by atoms with van der Waals surface area (Å²) in [4.78, 5) is 44.5. The molecule has 46 heavy (non-hydrogen) atoms. The quantitative estimate of drug-likeness (QED) is 0.177. The first kappa shape index (κ1) is 29.9. The second-order valence-corrected chi connectivity index (χ2v) is 10.1. The maximum Gasteiger partial charge on any atom is 0.323 e. The van der Waals surface area contributed by atoms with Gasteiger partial charge in [-0.3, -0.25) is 9.59 Å². The van der Waals surface area contributed by atoms with Crippen LogP contribution in [0, 0.1) is 11.6 Å². The number of fused-ring (bicyclic) bond motifs is 2. The van der Waals surface area contributed by atoms with Crippen LogP contribution in [0.2, 0.25) is 0 Å². The fourth-order valence-corrected chi connectivity index (χ4v) is 4.67. The molecule has 0 atom stereocenters. The Morgan fingerprint density at radius 1 is 0.652 bits per heavy atom. The van der Waals surface area contributed by atoms with E-state index in [0.29, 0.717) is 44.5 Å². The Kier molecular flexibility index (Phi) is 8.12. The summed E-state index contributed by atoms with van der Waals surface area (Å²) >= 11 is 0. The molecular formula is C33H24F2N4O7. The lowest BCUT2D eigenvalue weighted by molar-refractivity contribution is -0.140. The minimum absolute atomic E-state index is 0.0692. The minimum atomic E-state index is -0.877. The van der Waals surface area contributed by atoms with Crippen molar-refractivity contribution in [1.82, 2.24) is 9.97 Å². The zero-order valence-corrected chi connectivity index (χ0v) is 24.4. The van der Waals surface area contributed by atoms with E-state index >= 15 is 0 Å². The first-order valence-electron chi connectivity index (χ1n) is 13.8. The monoisotopic (exact) mass is 626 g/mol. The van der Waals surface area contributed by atoms with Crippen LogP contribution in [0.1, 0.15) is 11.1 Å². The second kappa shape index (κ2) is 12.5. The summed E-state index contributed by atoms with van der Waals surface area (Å²) in [5.74, 6) is -2.06. The lowest BCUT2D eigenvalue weighted by Gasteiger charge is -2.10. The number of carbonyl (C=O) groups is 3. The van der Waals surface area contributed by atoms with E-state index in [1.54, 1.807) is 36.4 Å². The lowest BCUT2D eigenvalue weighted by atomic mass is 10.1. The van der Waals surface area contributed by atoms with Crippen molar-refractivity contribution in [1.29, 1.82) is 0 Å². The van der Waals surface area contributed by atoms with Crippen LogP contribution in [0.4, 0.5) is 25.0 Å². The first-order chi connectivity index (χ1) is 22.2. The van der Waals surface area contributed by atoms with E-state index in [9.17, 15) is 23.2 Å². The van der Waals surface area contributed by atoms with Crippen LogP contribution in [0.5, 0.6) is 0 Å². The number of aromatic nitrogens is 2. The summed E-state index contributed by atoms with van der Waals surface area (Å²) < 4.78 is 50.8. The molecular weight excluding hydrogens is 602 g/mol. The molecule has 0 saturated carbocycles. The molecule has 0 radical (unpaired) electrons. The highest BCUT2D eigenvalue weighted by molar-refractivity contribution is 6.00. The summed E-state index contributed by atoms with van der Waals surface area (Å²) in [6, 6.07) is 17.2. The van der Waals surface area contributed by atoms with Crippen molar-refractivity contribution in [3.05, 3.63) is 95.6 Å². The van der Waals surface area contributed by atoms with Gasteiger partial charge < -0.3 is 28.9 Å². The van der Waals surface area contributed by atoms with Crippen LogP contribution in [0.25, 0.3) is 45.1 Å². The van der Waals surface area contributed by atoms with E-state index in [0.717, 1.165) is 12.1 Å². The van der Waals surface area contributed by atoms with Crippen molar-refractivity contribution in [3.8, 4) is 22.9 Å². The summed E-state index contributed by atoms with van der Waals surface area (Å²) in [6.45, 7) is 0. The third kappa shape index (κ3) is 6.38. The smallest absolute Gasteiger partial charge is 0.323 e. The molecule has 0 saturated heterocycles. The Morgan fingerprint density at radius 3 is 1.48 bits per heavy atom. The molecule has 0 spiro atoms. The third-order valence-electron chi connectivity index (χ3n) is 6.98. The number of esters is 2. The van der Waals surface area contributed by atoms with Crippen molar-refractivity contribution >= 4 is 51.5 Å². The summed E-state index contributed by atoms with van der Waals surface area (Å²) in [6.07, 6.45) is 0.138. The maximum atomic E-state index is 15.0. The van der Waals surface area contributed by atoms with Crippen molar-refractivity contribution < 1.29 is 41.5 Å². The molecule has 0 aliphatic rings. The second-order valence-electron chi connectivity index (χ2n) is 10.1. The maximum absolute atomic E-state index is 15.0. The number of halogens is 2. The topological polar surface area (TPSA) is 146 Å². The average Bonchev–Trinajstić information content (AvgIpc) is 3.67. The summed E-state index contributed by atoms with van der Waals surface area (Å²) in [5.41, 5.74) is 3.52. The van der Waals surface area contributed by atoms with Gasteiger partial charge in [-0.1, -0.05) is 12.1 Å². The number of ether oxygens (including phenoxy) is 2. The lowest BCUT2D eigenvalue weighted by Crippen LogP contribution is -2.20. The summed E-state index contributed by atoms with van der Waals surface area (Å²) in [7, 11) is 2.60. The number of anilines is 2. The molecule has 2 N–H and O–H groups in total. The van der Waals surface area contributed by atoms with Gasteiger partial charge in [0.05, 0.1) is 38.4 Å².